The quantitative estimate of drug-likeness (QED) is 0.806. The molecule has 1 aromatic rings. The van der Waals surface area contributed by atoms with Crippen molar-refractivity contribution in [1.82, 2.24) is 10.3 Å². The lowest BCUT2D eigenvalue weighted by atomic mass is 10.2. The second kappa shape index (κ2) is 3.61. The average Bonchev–Trinajstić information content (AvgIpc) is 2.98. The van der Waals surface area contributed by atoms with Gasteiger partial charge in [0.1, 0.15) is 0 Å². The Morgan fingerprint density at radius 2 is 2.43 bits per heavy atom. The van der Waals surface area contributed by atoms with Crippen molar-refractivity contribution in [3.05, 3.63) is 16.1 Å². The predicted octanol–water partition coefficient (Wildman–Crippen LogP) is 1.68. The molecule has 0 spiro atoms. The first-order valence-corrected chi connectivity index (χ1v) is 6.08. The number of aromatic nitrogens is 1. The highest BCUT2D eigenvalue weighted by molar-refractivity contribution is 7.09. The van der Waals surface area contributed by atoms with Gasteiger partial charge in [-0.25, -0.2) is 4.98 Å². The van der Waals surface area contributed by atoms with Gasteiger partial charge in [-0.05, 0) is 12.8 Å². The number of ether oxygens (including phenoxy) is 1. The number of hydrogen-bond donors (Lipinski definition) is 1. The molecular formula is C10H14N2OS. The SMILES string of the molecule is c1sc(C2CC2)nc1C1COCCN1. The number of thiazole rings is 1. The fourth-order valence-corrected chi connectivity index (χ4v) is 2.78. The van der Waals surface area contributed by atoms with E-state index in [-0.39, 0.29) is 0 Å². The summed E-state index contributed by atoms with van der Waals surface area (Å²) in [5.74, 6) is 0.776. The van der Waals surface area contributed by atoms with Crippen LogP contribution in [0.5, 0.6) is 0 Å². The predicted molar refractivity (Wildman–Crippen MR) is 55.7 cm³/mol. The Bertz CT molecular complexity index is 316. The van der Waals surface area contributed by atoms with E-state index in [0.717, 1.165) is 25.7 Å². The van der Waals surface area contributed by atoms with E-state index in [1.165, 1.54) is 23.5 Å². The van der Waals surface area contributed by atoms with Crippen LogP contribution in [0, 0.1) is 0 Å². The Hall–Kier alpha value is -0.450. The van der Waals surface area contributed by atoms with E-state index in [4.69, 9.17) is 4.74 Å². The van der Waals surface area contributed by atoms with Crippen molar-refractivity contribution in [2.24, 2.45) is 0 Å². The summed E-state index contributed by atoms with van der Waals surface area (Å²) in [6.45, 7) is 2.55. The molecule has 0 radical (unpaired) electrons. The van der Waals surface area contributed by atoms with Crippen LogP contribution in [0.2, 0.25) is 0 Å². The third-order valence-corrected chi connectivity index (χ3v) is 3.77. The van der Waals surface area contributed by atoms with Gasteiger partial charge in [0.25, 0.3) is 0 Å². The molecule has 0 bridgehead atoms. The van der Waals surface area contributed by atoms with Crippen LogP contribution in [0.25, 0.3) is 0 Å². The maximum Gasteiger partial charge on any atom is 0.0959 e. The highest BCUT2D eigenvalue weighted by atomic mass is 32.1. The van der Waals surface area contributed by atoms with Crippen LogP contribution in [-0.4, -0.2) is 24.7 Å². The number of hydrogen-bond acceptors (Lipinski definition) is 4. The van der Waals surface area contributed by atoms with E-state index >= 15 is 0 Å². The molecule has 1 N–H and O–H groups in total. The van der Waals surface area contributed by atoms with Crippen molar-refractivity contribution in [1.29, 1.82) is 0 Å². The maximum absolute atomic E-state index is 5.42. The summed E-state index contributed by atoms with van der Waals surface area (Å²) >= 11 is 1.81. The van der Waals surface area contributed by atoms with E-state index in [1.807, 2.05) is 11.3 Å². The van der Waals surface area contributed by atoms with Crippen LogP contribution in [0.1, 0.15) is 35.5 Å². The van der Waals surface area contributed by atoms with E-state index in [1.54, 1.807) is 0 Å². The summed E-state index contributed by atoms with van der Waals surface area (Å²) in [6, 6.07) is 0.326. The number of morpholine rings is 1. The molecule has 1 aliphatic heterocycles. The summed E-state index contributed by atoms with van der Waals surface area (Å²) < 4.78 is 5.42. The summed E-state index contributed by atoms with van der Waals surface area (Å²) in [5.41, 5.74) is 1.18. The van der Waals surface area contributed by atoms with Gasteiger partial charge in [-0.1, -0.05) is 0 Å². The summed E-state index contributed by atoms with van der Waals surface area (Å²) in [4.78, 5) is 4.67. The zero-order chi connectivity index (χ0) is 9.38. The fourth-order valence-electron chi connectivity index (χ4n) is 1.73. The molecular weight excluding hydrogens is 196 g/mol. The van der Waals surface area contributed by atoms with Crippen molar-refractivity contribution in [3.8, 4) is 0 Å². The van der Waals surface area contributed by atoms with Gasteiger partial charge in [0.2, 0.25) is 0 Å². The highest BCUT2D eigenvalue weighted by Gasteiger charge is 2.28. The monoisotopic (exact) mass is 210 g/mol. The normalized spacial score (nSPS) is 27.9. The van der Waals surface area contributed by atoms with Crippen molar-refractivity contribution in [2.45, 2.75) is 24.8 Å². The Labute approximate surface area is 87.5 Å². The van der Waals surface area contributed by atoms with E-state index in [9.17, 15) is 0 Å². The molecule has 1 atom stereocenters. The molecule has 1 saturated carbocycles. The van der Waals surface area contributed by atoms with Gasteiger partial charge < -0.3 is 10.1 Å². The summed E-state index contributed by atoms with van der Waals surface area (Å²) in [7, 11) is 0. The molecule has 2 fully saturated rings. The van der Waals surface area contributed by atoms with Crippen LogP contribution in [0.3, 0.4) is 0 Å². The minimum absolute atomic E-state index is 0.326. The van der Waals surface area contributed by atoms with E-state index < -0.39 is 0 Å². The number of nitrogens with zero attached hydrogens (tertiary/aromatic N) is 1. The molecule has 76 valence electrons. The molecule has 0 amide bonds. The van der Waals surface area contributed by atoms with Crippen LogP contribution >= 0.6 is 11.3 Å². The molecule has 2 heterocycles. The Morgan fingerprint density at radius 1 is 1.50 bits per heavy atom. The molecule has 0 aromatic carbocycles. The Morgan fingerprint density at radius 3 is 3.14 bits per heavy atom. The molecule has 3 rings (SSSR count). The number of nitrogens with one attached hydrogen (secondary N) is 1. The van der Waals surface area contributed by atoms with Crippen molar-refractivity contribution >= 4 is 11.3 Å². The van der Waals surface area contributed by atoms with Gasteiger partial charge >= 0.3 is 0 Å². The summed E-state index contributed by atoms with van der Waals surface area (Å²) in [5, 5.41) is 6.93. The van der Waals surface area contributed by atoms with Gasteiger partial charge in [-0.3, -0.25) is 0 Å². The third kappa shape index (κ3) is 1.69. The molecule has 1 saturated heterocycles. The fraction of sp³-hybridized carbons (Fsp3) is 0.700. The average molecular weight is 210 g/mol. The first-order valence-electron chi connectivity index (χ1n) is 5.20. The zero-order valence-corrected chi connectivity index (χ0v) is 8.85. The zero-order valence-electron chi connectivity index (χ0n) is 8.03. The van der Waals surface area contributed by atoms with Crippen LogP contribution in [0.4, 0.5) is 0 Å². The van der Waals surface area contributed by atoms with Crippen molar-refractivity contribution in [3.63, 3.8) is 0 Å². The second-order valence-electron chi connectivity index (χ2n) is 3.97. The largest absolute Gasteiger partial charge is 0.378 e. The molecule has 3 nitrogen and oxygen atoms in total. The van der Waals surface area contributed by atoms with Gasteiger partial charge in [0, 0.05) is 17.8 Å². The van der Waals surface area contributed by atoms with Crippen LogP contribution in [-0.2, 0) is 4.74 Å². The summed E-state index contributed by atoms with van der Waals surface area (Å²) in [6.07, 6.45) is 2.67. The standard InChI is InChI=1S/C10H14N2OS/c1-2-7(1)10-12-9(6-14-10)8-5-13-4-3-11-8/h6-8,11H,1-5H2. The first kappa shape index (κ1) is 8.83. The lowest BCUT2D eigenvalue weighted by molar-refractivity contribution is 0.0757. The van der Waals surface area contributed by atoms with Crippen LogP contribution < -0.4 is 5.32 Å². The minimum atomic E-state index is 0.326. The van der Waals surface area contributed by atoms with Crippen LogP contribution in [0.15, 0.2) is 5.38 Å². The lowest BCUT2D eigenvalue weighted by Gasteiger charge is -2.21. The van der Waals surface area contributed by atoms with Crippen molar-refractivity contribution in [2.75, 3.05) is 19.8 Å². The third-order valence-electron chi connectivity index (χ3n) is 2.74. The van der Waals surface area contributed by atoms with Gasteiger partial charge in [-0.15, -0.1) is 11.3 Å². The maximum atomic E-state index is 5.42. The molecule has 4 heteroatoms. The minimum Gasteiger partial charge on any atom is -0.378 e. The van der Waals surface area contributed by atoms with Crippen molar-refractivity contribution < 1.29 is 4.74 Å². The second-order valence-corrected chi connectivity index (χ2v) is 4.86. The van der Waals surface area contributed by atoms with E-state index in [0.29, 0.717) is 6.04 Å². The molecule has 14 heavy (non-hydrogen) atoms. The van der Waals surface area contributed by atoms with E-state index in [2.05, 4.69) is 15.7 Å². The van der Waals surface area contributed by atoms with Gasteiger partial charge in [-0.2, -0.15) is 0 Å². The Balaban J connectivity index is 1.74. The van der Waals surface area contributed by atoms with Gasteiger partial charge in [0.15, 0.2) is 0 Å². The molecule has 1 aliphatic carbocycles. The smallest absolute Gasteiger partial charge is 0.0959 e. The topological polar surface area (TPSA) is 34.1 Å². The molecule has 1 unspecified atom stereocenters. The lowest BCUT2D eigenvalue weighted by Crippen LogP contribution is -2.34. The number of rotatable bonds is 2. The molecule has 1 aromatic heterocycles. The highest BCUT2D eigenvalue weighted by Crippen LogP contribution is 2.41. The Kier molecular flexibility index (Phi) is 2.27. The first-order chi connectivity index (χ1) is 6.93. The molecule has 2 aliphatic rings. The van der Waals surface area contributed by atoms with Gasteiger partial charge in [0.05, 0.1) is 30.0 Å².